The molecule has 0 aliphatic carbocycles. The molecule has 1 atom stereocenters. The molecule has 1 aliphatic rings. The van der Waals surface area contributed by atoms with Crippen LogP contribution in [0.25, 0.3) is 17.4 Å². The Hall–Kier alpha value is -2.91. The van der Waals surface area contributed by atoms with Gasteiger partial charge in [-0.25, -0.2) is 9.79 Å². The van der Waals surface area contributed by atoms with Crippen molar-refractivity contribution < 1.29 is 13.9 Å². The molecule has 3 aromatic heterocycles. The van der Waals surface area contributed by atoms with Crippen LogP contribution in [0.4, 0.5) is 0 Å². The molecule has 35 heavy (non-hydrogen) atoms. The highest BCUT2D eigenvalue weighted by Crippen LogP contribution is 2.33. The van der Waals surface area contributed by atoms with Crippen molar-refractivity contribution in [1.29, 1.82) is 0 Å². The first-order valence-electron chi connectivity index (χ1n) is 10.7. The fourth-order valence-electron chi connectivity index (χ4n) is 3.87. The zero-order valence-corrected chi connectivity index (χ0v) is 21.7. The van der Waals surface area contributed by atoms with Crippen LogP contribution in [0.1, 0.15) is 30.5 Å². The molecule has 0 fully saturated rings. The molecule has 5 rings (SSSR count). The number of furan rings is 1. The average molecular weight is 545 g/mol. The van der Waals surface area contributed by atoms with Gasteiger partial charge in [0, 0.05) is 16.5 Å². The minimum atomic E-state index is -0.601. The van der Waals surface area contributed by atoms with Gasteiger partial charge in [0.25, 0.3) is 5.56 Å². The van der Waals surface area contributed by atoms with Gasteiger partial charge in [0.15, 0.2) is 4.80 Å². The van der Waals surface area contributed by atoms with Crippen LogP contribution in [0.3, 0.4) is 0 Å². The lowest BCUT2D eigenvalue weighted by Gasteiger charge is -2.23. The molecule has 0 N–H and O–H groups in total. The van der Waals surface area contributed by atoms with Crippen molar-refractivity contribution in [2.24, 2.45) is 4.99 Å². The summed E-state index contributed by atoms with van der Waals surface area (Å²) < 4.78 is 13.3. The van der Waals surface area contributed by atoms with Gasteiger partial charge in [-0.2, -0.15) is 0 Å². The summed E-state index contributed by atoms with van der Waals surface area (Å²) in [6.07, 6.45) is 1.68. The lowest BCUT2D eigenvalue weighted by Crippen LogP contribution is -2.39. The van der Waals surface area contributed by atoms with Gasteiger partial charge in [-0.15, -0.1) is 11.3 Å². The number of ether oxygens (including phenoxy) is 1. The number of thiophene rings is 1. The molecule has 10 heteroatoms. The molecule has 0 unspecified atom stereocenters. The van der Waals surface area contributed by atoms with Crippen molar-refractivity contribution in [2.45, 2.75) is 19.9 Å². The molecule has 0 radical (unpaired) electrons. The molecule has 0 amide bonds. The minimum Gasteiger partial charge on any atom is -0.463 e. The molecular formula is C25H18Cl2N2O4S2. The molecule has 4 heterocycles. The molecule has 1 aromatic carbocycles. The molecule has 6 nitrogen and oxygen atoms in total. The molecular weight excluding hydrogens is 527 g/mol. The highest BCUT2D eigenvalue weighted by atomic mass is 35.5. The number of fused-ring (bicyclic) bond motifs is 1. The summed E-state index contributed by atoms with van der Waals surface area (Å²) in [6.45, 7) is 3.75. The van der Waals surface area contributed by atoms with Crippen LogP contribution in [0.15, 0.2) is 73.3 Å². The monoisotopic (exact) mass is 544 g/mol. The number of hydrogen-bond acceptors (Lipinski definition) is 7. The van der Waals surface area contributed by atoms with Crippen LogP contribution in [0, 0.1) is 0 Å². The van der Waals surface area contributed by atoms with Gasteiger partial charge in [-0.05, 0) is 55.6 Å². The van der Waals surface area contributed by atoms with Crippen LogP contribution in [-0.2, 0) is 9.53 Å². The molecule has 0 saturated heterocycles. The highest BCUT2D eigenvalue weighted by molar-refractivity contribution is 7.10. The number of benzene rings is 1. The number of carbonyl (C=O) groups is 1. The lowest BCUT2D eigenvalue weighted by molar-refractivity contribution is -0.139. The Bertz CT molecular complexity index is 1640. The normalized spacial score (nSPS) is 15.8. The Kier molecular flexibility index (Phi) is 6.55. The Labute approximate surface area is 218 Å². The van der Waals surface area contributed by atoms with E-state index in [4.69, 9.17) is 32.4 Å². The van der Waals surface area contributed by atoms with E-state index in [9.17, 15) is 9.59 Å². The van der Waals surface area contributed by atoms with E-state index in [1.165, 1.54) is 22.7 Å². The number of nitrogens with zero attached hydrogens (tertiary/aromatic N) is 2. The number of hydrogen-bond donors (Lipinski definition) is 0. The zero-order valence-electron chi connectivity index (χ0n) is 18.6. The Morgan fingerprint density at radius 3 is 2.77 bits per heavy atom. The number of carbonyl (C=O) groups excluding carboxylic acids is 1. The van der Waals surface area contributed by atoms with Gasteiger partial charge in [0.05, 0.1) is 32.5 Å². The van der Waals surface area contributed by atoms with E-state index < -0.39 is 12.0 Å². The van der Waals surface area contributed by atoms with E-state index in [2.05, 4.69) is 4.99 Å². The minimum absolute atomic E-state index is 0.233. The van der Waals surface area contributed by atoms with Gasteiger partial charge in [-0.1, -0.05) is 40.6 Å². The largest absolute Gasteiger partial charge is 0.463 e. The number of allylic oxidation sites excluding steroid dienone is 1. The van der Waals surface area contributed by atoms with E-state index in [1.807, 2.05) is 23.6 Å². The molecule has 0 bridgehead atoms. The van der Waals surface area contributed by atoms with Crippen molar-refractivity contribution in [3.8, 4) is 11.3 Å². The van der Waals surface area contributed by atoms with Crippen molar-refractivity contribution in [3.05, 3.63) is 99.5 Å². The molecule has 0 spiro atoms. The van der Waals surface area contributed by atoms with Crippen LogP contribution in [0.5, 0.6) is 0 Å². The number of halogens is 2. The molecule has 4 aromatic rings. The van der Waals surface area contributed by atoms with Crippen molar-refractivity contribution >= 4 is 57.9 Å². The second-order valence-corrected chi connectivity index (χ2v) is 10.5. The van der Waals surface area contributed by atoms with E-state index in [1.54, 1.807) is 48.8 Å². The maximum Gasteiger partial charge on any atom is 0.338 e. The standard InChI is InChI=1S/C25H18Cl2N2O4S2/c1-3-32-24(31)21-13(2)28-25-29(22(21)19-5-4-10-34-19)23(30)20(35-25)12-15-7-9-18(33-15)14-6-8-16(26)17(27)11-14/h4-12,22H,3H2,1-2H3/b20-12-/t22-/m1/s1. The second kappa shape index (κ2) is 9.62. The van der Waals surface area contributed by atoms with Crippen molar-refractivity contribution in [3.63, 3.8) is 0 Å². The summed E-state index contributed by atoms with van der Waals surface area (Å²) in [6, 6.07) is 12.0. The summed E-state index contributed by atoms with van der Waals surface area (Å²) >= 11 is 14.9. The van der Waals surface area contributed by atoms with Gasteiger partial charge >= 0.3 is 5.97 Å². The first kappa shape index (κ1) is 23.8. The van der Waals surface area contributed by atoms with Gasteiger partial charge in [-0.3, -0.25) is 9.36 Å². The van der Waals surface area contributed by atoms with E-state index in [0.717, 1.165) is 10.4 Å². The summed E-state index contributed by atoms with van der Waals surface area (Å²) in [5.74, 6) is 0.628. The second-order valence-electron chi connectivity index (χ2n) is 7.65. The van der Waals surface area contributed by atoms with E-state index >= 15 is 0 Å². The maximum absolute atomic E-state index is 13.6. The number of rotatable bonds is 5. The first-order valence-corrected chi connectivity index (χ1v) is 13.1. The van der Waals surface area contributed by atoms with Crippen LogP contribution in [0.2, 0.25) is 10.0 Å². The van der Waals surface area contributed by atoms with Crippen LogP contribution < -0.4 is 14.9 Å². The predicted molar refractivity (Wildman–Crippen MR) is 139 cm³/mol. The highest BCUT2D eigenvalue weighted by Gasteiger charge is 2.33. The fourth-order valence-corrected chi connectivity index (χ4v) is 6.02. The van der Waals surface area contributed by atoms with Gasteiger partial charge < -0.3 is 9.15 Å². The summed E-state index contributed by atoms with van der Waals surface area (Å²) in [5.41, 5.74) is 1.42. The SMILES string of the molecule is CCOC(=O)C1=C(C)N=c2s/c(=C\c3ccc(-c4ccc(Cl)c(Cl)c4)o3)c(=O)n2[C@@H]1c1cccs1. The van der Waals surface area contributed by atoms with E-state index in [-0.39, 0.29) is 12.2 Å². The Morgan fingerprint density at radius 2 is 2.06 bits per heavy atom. The number of aromatic nitrogens is 1. The maximum atomic E-state index is 13.6. The quantitative estimate of drug-likeness (QED) is 0.314. The lowest BCUT2D eigenvalue weighted by atomic mass is 10.0. The van der Waals surface area contributed by atoms with E-state index in [0.29, 0.717) is 42.2 Å². The average Bonchev–Trinajstić information content (AvgIpc) is 3.57. The Balaban J connectivity index is 1.61. The summed E-state index contributed by atoms with van der Waals surface area (Å²) in [5, 5.41) is 2.80. The molecule has 0 saturated carbocycles. The summed E-state index contributed by atoms with van der Waals surface area (Å²) in [7, 11) is 0. The fraction of sp³-hybridized carbons (Fsp3) is 0.160. The smallest absolute Gasteiger partial charge is 0.338 e. The third-order valence-electron chi connectivity index (χ3n) is 5.43. The third-order valence-corrected chi connectivity index (χ3v) is 8.08. The summed E-state index contributed by atoms with van der Waals surface area (Å²) in [4.78, 5) is 32.3. The Morgan fingerprint density at radius 1 is 1.23 bits per heavy atom. The van der Waals surface area contributed by atoms with Gasteiger partial charge in [0.1, 0.15) is 17.6 Å². The van der Waals surface area contributed by atoms with Crippen LogP contribution >= 0.6 is 45.9 Å². The number of thiazole rings is 1. The van der Waals surface area contributed by atoms with Gasteiger partial charge in [0.2, 0.25) is 0 Å². The van der Waals surface area contributed by atoms with Crippen LogP contribution in [-0.4, -0.2) is 17.1 Å². The zero-order chi connectivity index (χ0) is 24.7. The number of esters is 1. The predicted octanol–water partition coefficient (Wildman–Crippen LogP) is 5.43. The third kappa shape index (κ3) is 4.43. The topological polar surface area (TPSA) is 73.8 Å². The van der Waals surface area contributed by atoms with Crippen molar-refractivity contribution in [1.82, 2.24) is 4.57 Å². The van der Waals surface area contributed by atoms with Crippen molar-refractivity contribution in [2.75, 3.05) is 6.61 Å². The molecule has 1 aliphatic heterocycles. The first-order chi connectivity index (χ1) is 16.9. The molecule has 178 valence electrons.